The van der Waals surface area contributed by atoms with E-state index in [9.17, 15) is 4.79 Å². The van der Waals surface area contributed by atoms with Crippen molar-refractivity contribution in [1.29, 1.82) is 0 Å². The first-order valence-electron chi connectivity index (χ1n) is 7.75. The largest absolute Gasteiger partial charge is 0.295 e. The normalized spacial score (nSPS) is 25.2. The lowest BCUT2D eigenvalue weighted by Gasteiger charge is -2.01. The van der Waals surface area contributed by atoms with Crippen molar-refractivity contribution in [2.45, 2.75) is 77.0 Å². The lowest BCUT2D eigenvalue weighted by molar-refractivity contribution is -0.114. The van der Waals surface area contributed by atoms with Crippen molar-refractivity contribution in [1.82, 2.24) is 0 Å². The van der Waals surface area contributed by atoms with Crippen molar-refractivity contribution in [3.05, 3.63) is 24.3 Å². The van der Waals surface area contributed by atoms with E-state index in [1.165, 1.54) is 57.8 Å². The summed E-state index contributed by atoms with van der Waals surface area (Å²) in [5.41, 5.74) is 0. The number of rotatable bonds is 0. The molecule has 0 saturated heterocycles. The molecule has 0 aromatic carbocycles. The van der Waals surface area contributed by atoms with E-state index in [2.05, 4.69) is 6.08 Å². The zero-order valence-corrected chi connectivity index (χ0v) is 11.7. The summed E-state index contributed by atoms with van der Waals surface area (Å²) in [6.07, 6.45) is 22.9. The summed E-state index contributed by atoms with van der Waals surface area (Å²) in [7, 11) is 0. The highest BCUT2D eigenvalue weighted by Gasteiger charge is 1.97. The van der Waals surface area contributed by atoms with Crippen LogP contribution in [0, 0.1) is 0 Å². The molecule has 18 heavy (non-hydrogen) atoms. The molecule has 1 nitrogen and oxygen atoms in total. The Morgan fingerprint density at radius 1 is 0.667 bits per heavy atom. The van der Waals surface area contributed by atoms with Crippen LogP contribution in [0.3, 0.4) is 0 Å². The van der Waals surface area contributed by atoms with Crippen molar-refractivity contribution in [2.24, 2.45) is 0 Å². The molecule has 0 atom stereocenters. The van der Waals surface area contributed by atoms with E-state index < -0.39 is 0 Å². The van der Waals surface area contributed by atoms with Crippen molar-refractivity contribution in [3.63, 3.8) is 0 Å². The third-order valence-corrected chi connectivity index (χ3v) is 3.57. The predicted octanol–water partition coefficient (Wildman–Crippen LogP) is 5.36. The van der Waals surface area contributed by atoms with Crippen LogP contribution < -0.4 is 0 Å². The summed E-state index contributed by atoms with van der Waals surface area (Å²) in [5, 5.41) is 0. The maximum atomic E-state index is 11.5. The average Bonchev–Trinajstić information content (AvgIpc) is 2.37. The fourth-order valence-electron chi connectivity index (χ4n) is 2.40. The fraction of sp³-hybridized carbons (Fsp3) is 0.706. The molecule has 0 unspecified atom stereocenters. The summed E-state index contributed by atoms with van der Waals surface area (Å²) in [6.45, 7) is 0. The third-order valence-electron chi connectivity index (χ3n) is 3.57. The average molecular weight is 248 g/mol. The molecular weight excluding hydrogens is 220 g/mol. The van der Waals surface area contributed by atoms with Crippen LogP contribution in [0.5, 0.6) is 0 Å². The summed E-state index contributed by atoms with van der Waals surface area (Å²) >= 11 is 0. The van der Waals surface area contributed by atoms with Gasteiger partial charge < -0.3 is 0 Å². The molecule has 0 bridgehead atoms. The van der Waals surface area contributed by atoms with Gasteiger partial charge in [0.2, 0.25) is 0 Å². The van der Waals surface area contributed by atoms with Crippen molar-refractivity contribution in [2.75, 3.05) is 0 Å². The maximum absolute atomic E-state index is 11.5. The van der Waals surface area contributed by atoms with E-state index in [0.29, 0.717) is 0 Å². The number of hydrogen-bond acceptors (Lipinski definition) is 1. The number of ketones is 1. The third kappa shape index (κ3) is 9.21. The lowest BCUT2D eigenvalue weighted by Crippen LogP contribution is -1.92. The van der Waals surface area contributed by atoms with Crippen LogP contribution in [-0.4, -0.2) is 5.78 Å². The zero-order chi connectivity index (χ0) is 12.9. The minimum Gasteiger partial charge on any atom is -0.295 e. The second kappa shape index (κ2) is 11.3. The van der Waals surface area contributed by atoms with Gasteiger partial charge in [0.1, 0.15) is 0 Å². The molecule has 0 amide bonds. The molecule has 0 N–H and O–H groups in total. The second-order valence-corrected chi connectivity index (χ2v) is 5.33. The number of allylic oxidation sites excluding steroid dienone is 4. The number of hydrogen-bond donors (Lipinski definition) is 0. The Morgan fingerprint density at radius 3 is 1.89 bits per heavy atom. The van der Waals surface area contributed by atoms with Gasteiger partial charge >= 0.3 is 0 Å². The highest BCUT2D eigenvalue weighted by molar-refractivity contribution is 5.89. The van der Waals surface area contributed by atoms with Gasteiger partial charge in [0.05, 0.1) is 0 Å². The Morgan fingerprint density at radius 2 is 1.22 bits per heavy atom. The molecule has 0 fully saturated rings. The summed E-state index contributed by atoms with van der Waals surface area (Å²) in [5.74, 6) is 0.281. The fourth-order valence-corrected chi connectivity index (χ4v) is 2.40. The van der Waals surface area contributed by atoms with Gasteiger partial charge in [-0.15, -0.1) is 0 Å². The highest BCUT2D eigenvalue weighted by Crippen LogP contribution is 2.12. The summed E-state index contributed by atoms with van der Waals surface area (Å²) in [4.78, 5) is 11.5. The van der Waals surface area contributed by atoms with Crippen molar-refractivity contribution >= 4 is 5.78 Å². The van der Waals surface area contributed by atoms with Crippen LogP contribution in [0.2, 0.25) is 0 Å². The SMILES string of the molecule is O=C1/C=C\C=C/CCCCCCCCCCCC1. The Hall–Kier alpha value is -0.850. The van der Waals surface area contributed by atoms with Crippen LogP contribution in [0.4, 0.5) is 0 Å². The molecule has 0 radical (unpaired) electrons. The van der Waals surface area contributed by atoms with Crippen molar-refractivity contribution < 1.29 is 4.79 Å². The number of carbonyl (C=O) groups is 1. The first-order valence-corrected chi connectivity index (χ1v) is 7.75. The molecule has 1 heteroatoms. The molecule has 0 aliphatic heterocycles. The van der Waals surface area contributed by atoms with Gasteiger partial charge in [0, 0.05) is 6.42 Å². The van der Waals surface area contributed by atoms with Gasteiger partial charge in [0.15, 0.2) is 5.78 Å². The van der Waals surface area contributed by atoms with Crippen LogP contribution in [-0.2, 0) is 4.79 Å². The molecule has 1 aliphatic rings. The summed E-state index contributed by atoms with van der Waals surface area (Å²) < 4.78 is 0. The van der Waals surface area contributed by atoms with E-state index in [1.54, 1.807) is 6.08 Å². The number of carbonyl (C=O) groups excluding carboxylic acids is 1. The van der Waals surface area contributed by atoms with Gasteiger partial charge in [-0.1, -0.05) is 69.6 Å². The molecule has 1 aliphatic carbocycles. The minimum absolute atomic E-state index is 0.281. The Kier molecular flexibility index (Phi) is 9.51. The van der Waals surface area contributed by atoms with Crippen LogP contribution >= 0.6 is 0 Å². The van der Waals surface area contributed by atoms with E-state index in [-0.39, 0.29) is 5.78 Å². The lowest BCUT2D eigenvalue weighted by atomic mass is 10.0. The standard InChI is InChI=1S/C17H28O/c18-17-15-13-11-9-7-5-3-1-2-4-6-8-10-12-14-16-17/h9,11,13,15H,1-8,10,12,14,16H2/b11-9-,15-13-. The van der Waals surface area contributed by atoms with Gasteiger partial charge in [-0.25, -0.2) is 0 Å². The molecule has 1 rings (SSSR count). The molecule has 0 spiro atoms. The second-order valence-electron chi connectivity index (χ2n) is 5.33. The molecular formula is C17H28O. The smallest absolute Gasteiger partial charge is 0.155 e. The van der Waals surface area contributed by atoms with Crippen molar-refractivity contribution in [3.8, 4) is 0 Å². The topological polar surface area (TPSA) is 17.1 Å². The van der Waals surface area contributed by atoms with E-state index in [4.69, 9.17) is 0 Å². The molecule has 0 heterocycles. The summed E-state index contributed by atoms with van der Waals surface area (Å²) in [6, 6.07) is 0. The van der Waals surface area contributed by atoms with E-state index >= 15 is 0 Å². The Balaban J connectivity index is 2.26. The molecule has 0 aromatic rings. The Bertz CT molecular complexity index is 263. The van der Waals surface area contributed by atoms with Crippen LogP contribution in [0.25, 0.3) is 0 Å². The molecule has 102 valence electrons. The minimum atomic E-state index is 0.281. The van der Waals surface area contributed by atoms with E-state index in [0.717, 1.165) is 19.3 Å². The van der Waals surface area contributed by atoms with Crippen LogP contribution in [0.1, 0.15) is 77.0 Å². The Labute approximate surface area is 112 Å². The molecule has 0 aromatic heterocycles. The zero-order valence-electron chi connectivity index (χ0n) is 11.7. The monoisotopic (exact) mass is 248 g/mol. The van der Waals surface area contributed by atoms with Gasteiger partial charge in [0.25, 0.3) is 0 Å². The first kappa shape index (κ1) is 15.2. The van der Waals surface area contributed by atoms with Gasteiger partial charge in [-0.3, -0.25) is 4.79 Å². The maximum Gasteiger partial charge on any atom is 0.155 e. The highest BCUT2D eigenvalue weighted by atomic mass is 16.1. The predicted molar refractivity (Wildman–Crippen MR) is 78.7 cm³/mol. The van der Waals surface area contributed by atoms with E-state index in [1.807, 2.05) is 12.2 Å². The van der Waals surface area contributed by atoms with Crippen LogP contribution in [0.15, 0.2) is 24.3 Å². The van der Waals surface area contributed by atoms with Gasteiger partial charge in [-0.05, 0) is 25.3 Å². The quantitative estimate of drug-likeness (QED) is 0.564. The first-order chi connectivity index (χ1) is 8.89. The molecule has 0 saturated carbocycles. The van der Waals surface area contributed by atoms with Gasteiger partial charge in [-0.2, -0.15) is 0 Å².